The molecule has 1 aliphatic heterocycles. The van der Waals surface area contributed by atoms with Crippen LogP contribution in [0.5, 0.6) is 5.75 Å². The number of piperazine rings is 1. The van der Waals surface area contributed by atoms with Crippen molar-refractivity contribution in [2.75, 3.05) is 51.3 Å². The number of hydrogen-bond acceptors (Lipinski definition) is 5. The summed E-state index contributed by atoms with van der Waals surface area (Å²) in [5.74, 6) is 1.88. The average Bonchev–Trinajstić information content (AvgIpc) is 2.55. The molecule has 3 rings (SSSR count). The van der Waals surface area contributed by atoms with Gasteiger partial charge in [-0.2, -0.15) is 0 Å². The minimum atomic E-state index is 0.727. The summed E-state index contributed by atoms with van der Waals surface area (Å²) in [5.41, 5.74) is 7.83. The van der Waals surface area contributed by atoms with Gasteiger partial charge < -0.3 is 15.4 Å². The molecule has 1 aromatic carbocycles. The lowest BCUT2D eigenvalue weighted by atomic mass is 10.1. The highest BCUT2D eigenvalue weighted by atomic mass is 16.5. The first-order valence-electron chi connectivity index (χ1n) is 7.84. The lowest BCUT2D eigenvalue weighted by molar-refractivity contribution is 0.264. The fourth-order valence-corrected chi connectivity index (χ4v) is 3.08. The lowest BCUT2D eigenvalue weighted by Gasteiger charge is -2.35. The molecule has 2 aromatic rings. The van der Waals surface area contributed by atoms with Crippen molar-refractivity contribution in [3.63, 3.8) is 0 Å². The molecule has 0 radical (unpaired) electrons. The van der Waals surface area contributed by atoms with E-state index in [2.05, 4.69) is 28.9 Å². The molecule has 2 N–H and O–H groups in total. The molecule has 0 amide bonds. The highest BCUT2D eigenvalue weighted by Gasteiger charge is 2.18. The number of nitrogens with zero attached hydrogens (tertiary/aromatic N) is 3. The predicted octanol–water partition coefficient (Wildman–Crippen LogP) is 1.63. The van der Waals surface area contributed by atoms with E-state index in [4.69, 9.17) is 15.5 Å². The Morgan fingerprint density at radius 1 is 1.23 bits per heavy atom. The topological polar surface area (TPSA) is 54.6 Å². The van der Waals surface area contributed by atoms with Crippen LogP contribution in [0.15, 0.2) is 24.3 Å². The summed E-state index contributed by atoms with van der Waals surface area (Å²) in [5, 5.41) is 1.16. The van der Waals surface area contributed by atoms with Gasteiger partial charge in [0.1, 0.15) is 17.1 Å². The van der Waals surface area contributed by atoms with Crippen LogP contribution in [-0.4, -0.2) is 56.3 Å². The average molecular weight is 300 g/mol. The van der Waals surface area contributed by atoms with Gasteiger partial charge in [-0.05, 0) is 24.6 Å². The Morgan fingerprint density at radius 2 is 2.00 bits per heavy atom. The zero-order chi connectivity index (χ0) is 15.5. The van der Waals surface area contributed by atoms with Crippen molar-refractivity contribution >= 4 is 16.7 Å². The number of aromatic nitrogens is 1. The predicted molar refractivity (Wildman–Crippen MR) is 90.7 cm³/mol. The van der Waals surface area contributed by atoms with Crippen molar-refractivity contribution in [1.82, 2.24) is 9.88 Å². The molecule has 0 unspecified atom stereocenters. The van der Waals surface area contributed by atoms with Crippen molar-refractivity contribution in [2.24, 2.45) is 5.73 Å². The number of fused-ring (bicyclic) bond motifs is 1. The summed E-state index contributed by atoms with van der Waals surface area (Å²) in [6, 6.07) is 8.27. The number of nitrogens with two attached hydrogens (primary N) is 1. The van der Waals surface area contributed by atoms with Gasteiger partial charge in [-0.15, -0.1) is 0 Å². The number of para-hydroxylation sites is 1. The maximum Gasteiger partial charge on any atom is 0.145 e. The molecule has 5 heteroatoms. The van der Waals surface area contributed by atoms with E-state index < -0.39 is 0 Å². The van der Waals surface area contributed by atoms with E-state index in [0.717, 1.165) is 61.7 Å². The Morgan fingerprint density at radius 3 is 2.68 bits per heavy atom. The van der Waals surface area contributed by atoms with Crippen LogP contribution in [0.2, 0.25) is 0 Å². The van der Waals surface area contributed by atoms with Gasteiger partial charge in [0.2, 0.25) is 0 Å². The van der Waals surface area contributed by atoms with E-state index in [1.54, 1.807) is 7.11 Å². The van der Waals surface area contributed by atoms with E-state index in [9.17, 15) is 0 Å². The molecule has 1 fully saturated rings. The largest absolute Gasteiger partial charge is 0.494 e. The van der Waals surface area contributed by atoms with Crippen molar-refractivity contribution in [3.8, 4) is 5.75 Å². The number of pyridine rings is 1. The van der Waals surface area contributed by atoms with Crippen LogP contribution in [0.25, 0.3) is 10.9 Å². The maximum atomic E-state index is 5.64. The molecule has 22 heavy (non-hydrogen) atoms. The zero-order valence-corrected chi connectivity index (χ0v) is 13.4. The van der Waals surface area contributed by atoms with Crippen LogP contribution in [0.3, 0.4) is 0 Å². The van der Waals surface area contributed by atoms with Crippen LogP contribution in [0.1, 0.15) is 5.56 Å². The normalized spacial score (nSPS) is 16.2. The zero-order valence-electron chi connectivity index (χ0n) is 13.4. The van der Waals surface area contributed by atoms with Gasteiger partial charge in [0, 0.05) is 44.7 Å². The van der Waals surface area contributed by atoms with Crippen LogP contribution in [0, 0.1) is 6.92 Å². The van der Waals surface area contributed by atoms with E-state index in [1.165, 1.54) is 5.56 Å². The van der Waals surface area contributed by atoms with E-state index in [1.807, 2.05) is 12.1 Å². The van der Waals surface area contributed by atoms with E-state index in [0.29, 0.717) is 0 Å². The molecule has 0 aliphatic carbocycles. The molecule has 0 saturated carbocycles. The molecule has 1 aromatic heterocycles. The number of hydrogen-bond donors (Lipinski definition) is 1. The third-order valence-electron chi connectivity index (χ3n) is 4.36. The van der Waals surface area contributed by atoms with Crippen LogP contribution in [-0.2, 0) is 0 Å². The summed E-state index contributed by atoms with van der Waals surface area (Å²) in [7, 11) is 1.70. The molecule has 0 atom stereocenters. The third kappa shape index (κ3) is 2.87. The summed E-state index contributed by atoms with van der Waals surface area (Å²) in [6.45, 7) is 7.91. The Balaban J connectivity index is 1.89. The maximum absolute atomic E-state index is 5.64. The number of rotatable bonds is 4. The summed E-state index contributed by atoms with van der Waals surface area (Å²) in [6.07, 6.45) is 0. The first kappa shape index (κ1) is 15.1. The minimum absolute atomic E-state index is 0.727. The summed E-state index contributed by atoms with van der Waals surface area (Å²) in [4.78, 5) is 9.62. The molecule has 5 nitrogen and oxygen atoms in total. The molecule has 118 valence electrons. The van der Waals surface area contributed by atoms with Crippen molar-refractivity contribution < 1.29 is 4.74 Å². The van der Waals surface area contributed by atoms with Gasteiger partial charge in [-0.25, -0.2) is 4.98 Å². The minimum Gasteiger partial charge on any atom is -0.494 e. The number of benzene rings is 1. The fraction of sp³-hybridized carbons (Fsp3) is 0.471. The van der Waals surface area contributed by atoms with E-state index >= 15 is 0 Å². The third-order valence-corrected chi connectivity index (χ3v) is 4.36. The van der Waals surface area contributed by atoms with Gasteiger partial charge in [0.05, 0.1) is 7.11 Å². The lowest BCUT2D eigenvalue weighted by Crippen LogP contribution is -2.48. The quantitative estimate of drug-likeness (QED) is 0.930. The first-order chi connectivity index (χ1) is 10.7. The van der Waals surface area contributed by atoms with Gasteiger partial charge in [-0.1, -0.05) is 12.1 Å². The highest BCUT2D eigenvalue weighted by molar-refractivity contribution is 5.88. The molecule has 1 aliphatic rings. The van der Waals surface area contributed by atoms with Crippen molar-refractivity contribution in [3.05, 3.63) is 29.8 Å². The molecule has 2 heterocycles. The van der Waals surface area contributed by atoms with Gasteiger partial charge in [0.25, 0.3) is 0 Å². The van der Waals surface area contributed by atoms with Crippen LogP contribution in [0.4, 0.5) is 5.82 Å². The molecular weight excluding hydrogens is 276 g/mol. The Hall–Kier alpha value is -1.85. The van der Waals surface area contributed by atoms with Crippen LogP contribution < -0.4 is 15.4 Å². The molecular formula is C17H24N4O. The Kier molecular flexibility index (Phi) is 4.45. The van der Waals surface area contributed by atoms with E-state index in [-0.39, 0.29) is 0 Å². The second-order valence-electron chi connectivity index (χ2n) is 5.77. The van der Waals surface area contributed by atoms with Gasteiger partial charge >= 0.3 is 0 Å². The van der Waals surface area contributed by atoms with Crippen molar-refractivity contribution in [1.29, 1.82) is 0 Å². The number of methoxy groups -OCH3 is 1. The second-order valence-corrected chi connectivity index (χ2v) is 5.77. The number of ether oxygens (including phenoxy) is 1. The smallest absolute Gasteiger partial charge is 0.145 e. The SMILES string of the molecule is COc1cccc2c(C)cc(N3CCN(CCN)CC3)nc12. The first-order valence-corrected chi connectivity index (χ1v) is 7.84. The van der Waals surface area contributed by atoms with Gasteiger partial charge in [-0.3, -0.25) is 4.90 Å². The van der Waals surface area contributed by atoms with Crippen LogP contribution >= 0.6 is 0 Å². The number of anilines is 1. The summed E-state index contributed by atoms with van der Waals surface area (Å²) >= 11 is 0. The Labute approximate surface area is 131 Å². The van der Waals surface area contributed by atoms with Gasteiger partial charge in [0.15, 0.2) is 0 Å². The Bertz CT molecular complexity index is 650. The van der Waals surface area contributed by atoms with Crippen molar-refractivity contribution in [2.45, 2.75) is 6.92 Å². The number of aryl methyl sites for hydroxylation is 1. The highest BCUT2D eigenvalue weighted by Crippen LogP contribution is 2.29. The standard InChI is InChI=1S/C17H24N4O/c1-13-12-16(21-10-8-20(7-6-18)9-11-21)19-17-14(13)4-3-5-15(17)22-2/h3-5,12H,6-11,18H2,1-2H3. The fourth-order valence-electron chi connectivity index (χ4n) is 3.08. The second kappa shape index (κ2) is 6.50. The monoisotopic (exact) mass is 300 g/mol. The summed E-state index contributed by atoms with van der Waals surface area (Å²) < 4.78 is 5.47. The molecule has 0 bridgehead atoms. The molecule has 1 saturated heterocycles. The molecule has 0 spiro atoms.